The van der Waals surface area contributed by atoms with Crippen LogP contribution in [0.1, 0.15) is 0 Å². The molecule has 0 aliphatic heterocycles. The molecule has 2 N–H and O–H groups in total. The van der Waals surface area contributed by atoms with Gasteiger partial charge < -0.3 is 10.2 Å². The highest BCUT2D eigenvalue weighted by atomic mass is 35.5. The van der Waals surface area contributed by atoms with Gasteiger partial charge in [-0.25, -0.2) is 9.37 Å². The topological polar surface area (TPSA) is 52.0 Å². The van der Waals surface area contributed by atoms with Crippen LogP contribution in [0.15, 0.2) is 34.7 Å². The summed E-state index contributed by atoms with van der Waals surface area (Å²) in [6, 6.07) is 7.46. The van der Waals surface area contributed by atoms with Crippen LogP contribution in [0.2, 0.25) is 10.0 Å². The first-order valence-corrected chi connectivity index (χ1v) is 6.12. The summed E-state index contributed by atoms with van der Waals surface area (Å²) in [6.07, 6.45) is 0. The molecule has 0 bridgehead atoms. The van der Waals surface area contributed by atoms with Crippen LogP contribution >= 0.6 is 23.2 Å². The maximum absolute atomic E-state index is 13.2. The zero-order chi connectivity index (χ0) is 13.6. The molecule has 0 amide bonds. The lowest BCUT2D eigenvalue weighted by atomic mass is 10.2. The first kappa shape index (κ1) is 12.3. The highest BCUT2D eigenvalue weighted by Gasteiger charge is 2.15. The van der Waals surface area contributed by atoms with Gasteiger partial charge in [0.25, 0.3) is 0 Å². The van der Waals surface area contributed by atoms with Gasteiger partial charge in [-0.3, -0.25) is 0 Å². The lowest BCUT2D eigenvalue weighted by Crippen LogP contribution is -1.88. The van der Waals surface area contributed by atoms with Crippen molar-refractivity contribution in [3.8, 4) is 11.5 Å². The minimum atomic E-state index is -0.372. The van der Waals surface area contributed by atoms with E-state index in [1.165, 1.54) is 18.2 Å². The van der Waals surface area contributed by atoms with E-state index in [9.17, 15) is 4.39 Å². The van der Waals surface area contributed by atoms with E-state index >= 15 is 0 Å². The first-order valence-electron chi connectivity index (χ1n) is 5.36. The molecule has 0 spiro atoms. The molecule has 0 fully saturated rings. The fourth-order valence-electron chi connectivity index (χ4n) is 1.76. The molecule has 0 unspecified atom stereocenters. The van der Waals surface area contributed by atoms with E-state index in [0.29, 0.717) is 21.7 Å². The van der Waals surface area contributed by atoms with Gasteiger partial charge in [0.05, 0.1) is 15.7 Å². The Hall–Kier alpha value is -1.78. The molecule has 3 aromatic rings. The lowest BCUT2D eigenvalue weighted by Gasteiger charge is -1.99. The zero-order valence-corrected chi connectivity index (χ0v) is 11.0. The molecule has 0 aliphatic rings. The van der Waals surface area contributed by atoms with Gasteiger partial charge in [-0.15, -0.1) is 0 Å². The molecule has 0 atom stereocenters. The number of aromatic nitrogens is 1. The largest absolute Gasteiger partial charge is 0.436 e. The summed E-state index contributed by atoms with van der Waals surface area (Å²) in [6.45, 7) is 0. The molecule has 3 nitrogen and oxygen atoms in total. The van der Waals surface area contributed by atoms with Gasteiger partial charge in [-0.2, -0.15) is 0 Å². The number of hydrogen-bond acceptors (Lipinski definition) is 3. The Morgan fingerprint density at radius 1 is 1.21 bits per heavy atom. The van der Waals surface area contributed by atoms with E-state index in [-0.39, 0.29) is 22.4 Å². The fraction of sp³-hybridized carbons (Fsp3) is 0. The molecule has 0 radical (unpaired) electrons. The van der Waals surface area contributed by atoms with Crippen molar-refractivity contribution in [2.24, 2.45) is 0 Å². The summed E-state index contributed by atoms with van der Waals surface area (Å²) in [5.41, 5.74) is 7.29. The van der Waals surface area contributed by atoms with Crippen LogP contribution in [-0.4, -0.2) is 4.98 Å². The van der Waals surface area contributed by atoms with Gasteiger partial charge in [0.15, 0.2) is 5.58 Å². The number of nitrogen functional groups attached to an aromatic ring is 1. The Bertz CT molecular complexity index is 786. The number of oxazole rings is 1. The Balaban J connectivity index is 2.25. The molecule has 2 aromatic carbocycles. The standard InChI is InChI=1S/C13H7Cl2FN2O/c14-8-5-9-12(10(15)11(8)17)18-13(19-9)6-2-1-3-7(16)4-6/h1-5H,17H2. The third kappa shape index (κ3) is 2.03. The molecular weight excluding hydrogens is 290 g/mol. The Morgan fingerprint density at radius 2 is 2.00 bits per heavy atom. The summed E-state index contributed by atoms with van der Waals surface area (Å²) in [4.78, 5) is 4.22. The summed E-state index contributed by atoms with van der Waals surface area (Å²) < 4.78 is 18.7. The van der Waals surface area contributed by atoms with Crippen molar-refractivity contribution in [2.45, 2.75) is 0 Å². The smallest absolute Gasteiger partial charge is 0.227 e. The number of anilines is 1. The van der Waals surface area contributed by atoms with Crippen LogP contribution in [0.25, 0.3) is 22.6 Å². The van der Waals surface area contributed by atoms with Crippen LogP contribution in [0, 0.1) is 5.82 Å². The molecule has 19 heavy (non-hydrogen) atoms. The highest BCUT2D eigenvalue weighted by Crippen LogP contribution is 2.36. The average molecular weight is 297 g/mol. The Kier molecular flexibility index (Phi) is 2.84. The van der Waals surface area contributed by atoms with Gasteiger partial charge in [0.2, 0.25) is 5.89 Å². The summed E-state index contributed by atoms with van der Waals surface area (Å²) in [7, 11) is 0. The number of nitrogens with two attached hydrogens (primary N) is 1. The minimum Gasteiger partial charge on any atom is -0.436 e. The predicted octanol–water partition coefficient (Wildman–Crippen LogP) is 4.52. The van der Waals surface area contributed by atoms with Gasteiger partial charge >= 0.3 is 0 Å². The Labute approximate surface area is 117 Å². The average Bonchev–Trinajstić information content (AvgIpc) is 2.80. The molecule has 0 aliphatic carbocycles. The molecule has 96 valence electrons. The van der Waals surface area contributed by atoms with E-state index < -0.39 is 0 Å². The van der Waals surface area contributed by atoms with Crippen molar-refractivity contribution in [1.82, 2.24) is 4.98 Å². The number of nitrogens with zero attached hydrogens (tertiary/aromatic N) is 1. The molecule has 1 aromatic heterocycles. The van der Waals surface area contributed by atoms with Crippen molar-refractivity contribution in [3.05, 3.63) is 46.2 Å². The van der Waals surface area contributed by atoms with Crippen molar-refractivity contribution in [2.75, 3.05) is 5.73 Å². The second-order valence-corrected chi connectivity index (χ2v) is 4.75. The van der Waals surface area contributed by atoms with Crippen LogP contribution in [0.3, 0.4) is 0 Å². The Morgan fingerprint density at radius 3 is 2.74 bits per heavy atom. The maximum atomic E-state index is 13.2. The predicted molar refractivity (Wildman–Crippen MR) is 73.8 cm³/mol. The number of hydrogen-bond donors (Lipinski definition) is 1. The van der Waals surface area contributed by atoms with Crippen LogP contribution < -0.4 is 5.73 Å². The number of halogens is 3. The summed E-state index contributed by atoms with van der Waals surface area (Å²) in [5, 5.41) is 0.522. The van der Waals surface area contributed by atoms with Gasteiger partial charge in [0, 0.05) is 11.6 Å². The van der Waals surface area contributed by atoms with E-state index in [4.69, 9.17) is 33.4 Å². The number of rotatable bonds is 1. The molecule has 0 saturated heterocycles. The fourth-order valence-corrected chi connectivity index (χ4v) is 2.24. The minimum absolute atomic E-state index is 0.230. The van der Waals surface area contributed by atoms with E-state index in [1.54, 1.807) is 12.1 Å². The van der Waals surface area contributed by atoms with Crippen molar-refractivity contribution in [1.29, 1.82) is 0 Å². The van der Waals surface area contributed by atoms with Gasteiger partial charge in [-0.1, -0.05) is 29.3 Å². The molecule has 0 saturated carbocycles. The summed E-state index contributed by atoms with van der Waals surface area (Å²) in [5.74, 6) is -0.110. The van der Waals surface area contributed by atoms with E-state index in [0.717, 1.165) is 0 Å². The maximum Gasteiger partial charge on any atom is 0.227 e. The van der Waals surface area contributed by atoms with Crippen molar-refractivity contribution >= 4 is 40.0 Å². The quantitative estimate of drug-likeness (QED) is 0.672. The number of fused-ring (bicyclic) bond motifs is 1. The van der Waals surface area contributed by atoms with E-state index in [2.05, 4.69) is 4.98 Å². The molecule has 1 heterocycles. The monoisotopic (exact) mass is 296 g/mol. The second kappa shape index (κ2) is 4.40. The van der Waals surface area contributed by atoms with Crippen molar-refractivity contribution < 1.29 is 8.81 Å². The van der Waals surface area contributed by atoms with Gasteiger partial charge in [-0.05, 0) is 18.2 Å². The zero-order valence-electron chi connectivity index (χ0n) is 9.45. The molecular formula is C13H7Cl2FN2O. The first-order chi connectivity index (χ1) is 9.06. The molecule has 6 heteroatoms. The third-order valence-electron chi connectivity index (χ3n) is 2.68. The third-order valence-corrected chi connectivity index (χ3v) is 3.38. The van der Waals surface area contributed by atoms with Crippen molar-refractivity contribution in [3.63, 3.8) is 0 Å². The molecule has 3 rings (SSSR count). The summed E-state index contributed by atoms with van der Waals surface area (Å²) >= 11 is 12.0. The highest BCUT2D eigenvalue weighted by molar-refractivity contribution is 6.42. The van der Waals surface area contributed by atoms with Gasteiger partial charge in [0.1, 0.15) is 11.3 Å². The second-order valence-electron chi connectivity index (χ2n) is 3.96. The van der Waals surface area contributed by atoms with Crippen LogP contribution in [-0.2, 0) is 0 Å². The normalized spacial score (nSPS) is 11.1. The van der Waals surface area contributed by atoms with Crippen LogP contribution in [0.5, 0.6) is 0 Å². The van der Waals surface area contributed by atoms with Crippen LogP contribution in [0.4, 0.5) is 10.1 Å². The number of benzene rings is 2. The lowest BCUT2D eigenvalue weighted by molar-refractivity contribution is 0.611. The SMILES string of the molecule is Nc1c(Cl)cc2oc(-c3cccc(F)c3)nc2c1Cl. The van der Waals surface area contributed by atoms with E-state index in [1.807, 2.05) is 0 Å².